The molecule has 0 aliphatic carbocycles. The number of anilines is 2. The Balaban J connectivity index is 0.000000360. The Kier molecular flexibility index (Phi) is 6.53. The van der Waals surface area contributed by atoms with E-state index in [4.69, 9.17) is 15.6 Å². The highest BCUT2D eigenvalue weighted by Gasteiger charge is 2.38. The van der Waals surface area contributed by atoms with E-state index in [2.05, 4.69) is 35.6 Å². The molecule has 0 saturated carbocycles. The van der Waals surface area contributed by atoms with E-state index in [1.165, 1.54) is 6.33 Å². The van der Waals surface area contributed by atoms with E-state index in [0.29, 0.717) is 23.1 Å². The van der Waals surface area contributed by atoms with Gasteiger partial charge in [0.25, 0.3) is 0 Å². The molecule has 0 aliphatic rings. The van der Waals surface area contributed by atoms with Crippen molar-refractivity contribution in [3.05, 3.63) is 60.8 Å². The summed E-state index contributed by atoms with van der Waals surface area (Å²) in [7, 11) is 0. The summed E-state index contributed by atoms with van der Waals surface area (Å²) in [6, 6.07) is 9.12. The van der Waals surface area contributed by atoms with E-state index < -0.39 is 12.1 Å². The number of aliphatic carboxylic acids is 1. The summed E-state index contributed by atoms with van der Waals surface area (Å²) in [6.07, 6.45) is 3.01. The van der Waals surface area contributed by atoms with Crippen LogP contribution in [0, 0.1) is 0 Å². The largest absolute Gasteiger partial charge is 0.490 e. The van der Waals surface area contributed by atoms with E-state index in [1.54, 1.807) is 35.6 Å². The van der Waals surface area contributed by atoms with Gasteiger partial charge in [-0.25, -0.2) is 24.7 Å². The molecule has 0 fully saturated rings. The predicted molar refractivity (Wildman–Crippen MR) is 108 cm³/mol. The number of fused-ring (bicyclic) bond motifs is 1. The summed E-state index contributed by atoms with van der Waals surface area (Å²) in [6.45, 7) is 0. The fraction of sp³-hybridized carbons (Fsp3) is 0.0556. The summed E-state index contributed by atoms with van der Waals surface area (Å²) in [5, 5.41) is 16.4. The Morgan fingerprint density at radius 3 is 2.53 bits per heavy atom. The van der Waals surface area contributed by atoms with E-state index in [9.17, 15) is 13.2 Å². The molecule has 0 radical (unpaired) electrons. The maximum Gasteiger partial charge on any atom is 0.490 e. The molecule has 11 nitrogen and oxygen atoms in total. The number of carboxylic acids is 1. The molecule has 4 aromatic rings. The van der Waals surface area contributed by atoms with Crippen LogP contribution >= 0.6 is 0 Å². The lowest BCUT2D eigenvalue weighted by atomic mass is 10.3. The summed E-state index contributed by atoms with van der Waals surface area (Å²) in [5.41, 5.74) is 9.91. The number of nitrogens with two attached hydrogens (primary N) is 1. The number of nitrogens with zero attached hydrogens (tertiary/aromatic N) is 7. The highest BCUT2D eigenvalue weighted by molar-refractivity contribution is 5.87. The van der Waals surface area contributed by atoms with Crippen LogP contribution < -0.4 is 11.2 Å². The van der Waals surface area contributed by atoms with Gasteiger partial charge in [-0.3, -0.25) is 5.43 Å². The van der Waals surface area contributed by atoms with Crippen LogP contribution in [0.5, 0.6) is 0 Å². The molecule has 14 heteroatoms. The first-order chi connectivity index (χ1) is 15.3. The first-order valence-corrected chi connectivity index (χ1v) is 8.66. The monoisotopic (exact) mass is 445 g/mol. The third kappa shape index (κ3) is 5.50. The molecule has 0 aliphatic heterocycles. The molecule has 164 valence electrons. The standard InChI is InChI=1S/C16H13N9.C2HF3O2/c17-13-5-4-11(7-19-13)8-22-24-15-12-9-23-25(16(12)21-10-20-15)14-3-1-2-6-18-14;3-2(4,5)1(6)7/h1-10H,(H2,17,19)(H,20,21,24);(H,6,7)/b22-8+;. The Hall–Kier alpha value is -4.62. The number of nitrogens with one attached hydrogen (secondary N) is 1. The average Bonchev–Trinajstić information content (AvgIpc) is 3.21. The molecule has 0 spiro atoms. The fourth-order valence-electron chi connectivity index (χ4n) is 2.24. The number of rotatable bonds is 4. The topological polar surface area (TPSA) is 157 Å². The van der Waals surface area contributed by atoms with Crippen LogP contribution in [0.4, 0.5) is 24.8 Å². The van der Waals surface area contributed by atoms with Gasteiger partial charge in [0.05, 0.1) is 17.8 Å². The normalized spacial score (nSPS) is 11.2. The van der Waals surface area contributed by atoms with Gasteiger partial charge in [0.15, 0.2) is 17.3 Å². The van der Waals surface area contributed by atoms with E-state index in [1.807, 2.05) is 24.3 Å². The minimum atomic E-state index is -5.08. The lowest BCUT2D eigenvalue weighted by Crippen LogP contribution is -2.21. The Morgan fingerprint density at radius 1 is 1.12 bits per heavy atom. The van der Waals surface area contributed by atoms with Crippen molar-refractivity contribution in [1.29, 1.82) is 0 Å². The molecule has 0 bridgehead atoms. The van der Waals surface area contributed by atoms with Crippen LogP contribution in [0.1, 0.15) is 5.56 Å². The number of carbonyl (C=O) groups is 1. The minimum Gasteiger partial charge on any atom is -0.475 e. The molecule has 0 aromatic carbocycles. The zero-order valence-corrected chi connectivity index (χ0v) is 16.0. The third-order valence-electron chi connectivity index (χ3n) is 3.67. The maximum absolute atomic E-state index is 10.6. The number of hydrazone groups is 1. The second-order valence-electron chi connectivity index (χ2n) is 5.89. The van der Waals surface area contributed by atoms with Gasteiger partial charge in [0.1, 0.15) is 12.1 Å². The third-order valence-corrected chi connectivity index (χ3v) is 3.67. The van der Waals surface area contributed by atoms with Crippen molar-refractivity contribution < 1.29 is 23.1 Å². The van der Waals surface area contributed by atoms with Gasteiger partial charge in [0.2, 0.25) is 0 Å². The predicted octanol–water partition coefficient (Wildman–Crippen LogP) is 2.27. The molecule has 0 saturated heterocycles. The van der Waals surface area contributed by atoms with Gasteiger partial charge in [-0.2, -0.15) is 28.1 Å². The number of halogens is 3. The smallest absolute Gasteiger partial charge is 0.475 e. The van der Waals surface area contributed by atoms with Crippen LogP contribution in [0.15, 0.2) is 60.4 Å². The average molecular weight is 445 g/mol. The molecule has 32 heavy (non-hydrogen) atoms. The fourth-order valence-corrected chi connectivity index (χ4v) is 2.24. The quantitative estimate of drug-likeness (QED) is 0.316. The number of aromatic nitrogens is 6. The number of pyridine rings is 2. The lowest BCUT2D eigenvalue weighted by molar-refractivity contribution is -0.192. The molecule has 4 aromatic heterocycles. The number of nitrogen functional groups attached to an aromatic ring is 1. The van der Waals surface area contributed by atoms with Gasteiger partial charge in [-0.05, 0) is 24.3 Å². The summed E-state index contributed by atoms with van der Waals surface area (Å²) >= 11 is 0. The van der Waals surface area contributed by atoms with Gasteiger partial charge < -0.3 is 10.8 Å². The van der Waals surface area contributed by atoms with Gasteiger partial charge in [0, 0.05) is 18.0 Å². The lowest BCUT2D eigenvalue weighted by Gasteiger charge is -2.02. The number of hydrogen-bond acceptors (Lipinski definition) is 9. The first kappa shape index (κ1) is 22.1. The Bertz CT molecular complexity index is 1230. The number of carboxylic acid groups (broad SMARTS) is 1. The van der Waals surface area contributed by atoms with E-state index >= 15 is 0 Å². The van der Waals surface area contributed by atoms with E-state index in [-0.39, 0.29) is 0 Å². The molecule has 4 rings (SSSR count). The van der Waals surface area contributed by atoms with Crippen LogP contribution in [0.25, 0.3) is 16.9 Å². The van der Waals surface area contributed by atoms with Crippen molar-refractivity contribution in [3.8, 4) is 5.82 Å². The first-order valence-electron chi connectivity index (χ1n) is 8.66. The van der Waals surface area contributed by atoms with Crippen molar-refractivity contribution >= 4 is 34.9 Å². The van der Waals surface area contributed by atoms with Gasteiger partial charge in [-0.1, -0.05) is 6.07 Å². The second kappa shape index (κ2) is 9.46. The highest BCUT2D eigenvalue weighted by atomic mass is 19.4. The van der Waals surface area contributed by atoms with Crippen molar-refractivity contribution in [1.82, 2.24) is 29.7 Å². The molecular formula is C18H14F3N9O2. The van der Waals surface area contributed by atoms with Gasteiger partial charge >= 0.3 is 12.1 Å². The SMILES string of the molecule is Nc1ccc(/C=N/Nc2ncnc3c2cnn3-c2ccccn2)cn1.O=C(O)C(F)(F)F. The van der Waals surface area contributed by atoms with E-state index in [0.717, 1.165) is 10.9 Å². The second-order valence-corrected chi connectivity index (χ2v) is 5.89. The van der Waals surface area contributed by atoms with Crippen molar-refractivity contribution in [3.63, 3.8) is 0 Å². The summed E-state index contributed by atoms with van der Waals surface area (Å²) in [4.78, 5) is 25.7. The van der Waals surface area contributed by atoms with Crippen LogP contribution in [0.3, 0.4) is 0 Å². The number of hydrogen-bond donors (Lipinski definition) is 3. The molecule has 4 heterocycles. The molecule has 0 unspecified atom stereocenters. The van der Waals surface area contributed by atoms with Crippen molar-refractivity contribution in [2.75, 3.05) is 11.2 Å². The van der Waals surface area contributed by atoms with Gasteiger partial charge in [-0.15, -0.1) is 0 Å². The van der Waals surface area contributed by atoms with Crippen LogP contribution in [-0.2, 0) is 4.79 Å². The summed E-state index contributed by atoms with van der Waals surface area (Å²) in [5.74, 6) is -1.07. The van der Waals surface area contributed by atoms with Crippen LogP contribution in [0.2, 0.25) is 0 Å². The molecule has 4 N–H and O–H groups in total. The zero-order valence-electron chi connectivity index (χ0n) is 16.0. The summed E-state index contributed by atoms with van der Waals surface area (Å²) < 4.78 is 33.4. The minimum absolute atomic E-state index is 0.463. The molecule has 0 atom stereocenters. The molecular weight excluding hydrogens is 431 g/mol. The Morgan fingerprint density at radius 2 is 1.91 bits per heavy atom. The molecule has 0 amide bonds. The zero-order chi connectivity index (χ0) is 23.1. The Labute approximate surface area is 177 Å². The number of alkyl halides is 3. The van der Waals surface area contributed by atoms with Crippen molar-refractivity contribution in [2.24, 2.45) is 5.10 Å². The van der Waals surface area contributed by atoms with Crippen molar-refractivity contribution in [2.45, 2.75) is 6.18 Å². The maximum atomic E-state index is 10.6. The van der Waals surface area contributed by atoms with Crippen LogP contribution in [-0.4, -0.2) is 53.2 Å². The highest BCUT2D eigenvalue weighted by Crippen LogP contribution is 2.20.